The fourth-order valence-corrected chi connectivity index (χ4v) is 2.54. The van der Waals surface area contributed by atoms with Gasteiger partial charge in [-0.2, -0.15) is 11.8 Å². The Balaban J connectivity index is 2.63. The molecular weight excluding hydrogens is 280 g/mol. The second-order valence-corrected chi connectivity index (χ2v) is 7.48. The molecule has 1 unspecified atom stereocenters. The maximum absolute atomic E-state index is 12.0. The highest BCUT2D eigenvalue weighted by Gasteiger charge is 2.17. The maximum Gasteiger partial charge on any atom is 0.237 e. The van der Waals surface area contributed by atoms with E-state index in [-0.39, 0.29) is 17.4 Å². The summed E-state index contributed by atoms with van der Waals surface area (Å²) >= 11 is 1.71. The first-order chi connectivity index (χ1) is 9.75. The molecule has 0 saturated heterocycles. The molecule has 0 aromatic heterocycles. The SMILES string of the molecule is CSCC[C@@H](N)C(=O)NC(C)c1ccc(C(C)(C)C)cc1. The molecule has 1 rings (SSSR count). The van der Waals surface area contributed by atoms with Crippen LogP contribution >= 0.6 is 11.8 Å². The van der Waals surface area contributed by atoms with Crippen LogP contribution in [0.15, 0.2) is 24.3 Å². The molecule has 21 heavy (non-hydrogen) atoms. The number of nitrogens with two attached hydrogens (primary N) is 1. The zero-order chi connectivity index (χ0) is 16.0. The standard InChI is InChI=1S/C17H28N2OS/c1-12(19-16(20)15(18)10-11-21-5)13-6-8-14(9-7-13)17(2,3)4/h6-9,12,15H,10-11,18H2,1-5H3,(H,19,20)/t12?,15-/m1/s1. The first-order valence-electron chi connectivity index (χ1n) is 7.41. The number of hydrogen-bond donors (Lipinski definition) is 2. The van der Waals surface area contributed by atoms with Crippen molar-refractivity contribution < 1.29 is 4.79 Å². The van der Waals surface area contributed by atoms with E-state index in [1.165, 1.54) is 5.56 Å². The summed E-state index contributed by atoms with van der Waals surface area (Å²) in [5.41, 5.74) is 8.43. The van der Waals surface area contributed by atoms with Crippen molar-refractivity contribution in [3.63, 3.8) is 0 Å². The Bertz CT molecular complexity index is 451. The van der Waals surface area contributed by atoms with Crippen molar-refractivity contribution in [2.24, 2.45) is 5.73 Å². The number of carbonyl (C=O) groups excluding carboxylic acids is 1. The van der Waals surface area contributed by atoms with Crippen molar-refractivity contribution in [1.82, 2.24) is 5.32 Å². The number of rotatable bonds is 6. The second kappa shape index (κ2) is 7.85. The monoisotopic (exact) mass is 308 g/mol. The van der Waals surface area contributed by atoms with Crippen LogP contribution in [0.25, 0.3) is 0 Å². The highest BCUT2D eigenvalue weighted by atomic mass is 32.2. The molecule has 4 heteroatoms. The van der Waals surface area contributed by atoms with Crippen LogP contribution < -0.4 is 11.1 Å². The Morgan fingerprint density at radius 3 is 2.33 bits per heavy atom. The van der Waals surface area contributed by atoms with E-state index in [1.807, 2.05) is 13.2 Å². The lowest BCUT2D eigenvalue weighted by molar-refractivity contribution is -0.123. The molecule has 0 heterocycles. The summed E-state index contributed by atoms with van der Waals surface area (Å²) in [6.45, 7) is 8.57. The van der Waals surface area contributed by atoms with Crippen LogP contribution in [-0.4, -0.2) is 24.0 Å². The van der Waals surface area contributed by atoms with Crippen molar-refractivity contribution >= 4 is 17.7 Å². The van der Waals surface area contributed by atoms with Gasteiger partial charge in [-0.15, -0.1) is 0 Å². The van der Waals surface area contributed by atoms with Crippen LogP contribution in [0.5, 0.6) is 0 Å². The van der Waals surface area contributed by atoms with Crippen LogP contribution in [0.1, 0.15) is 51.3 Å². The van der Waals surface area contributed by atoms with Crippen molar-refractivity contribution in [2.75, 3.05) is 12.0 Å². The lowest BCUT2D eigenvalue weighted by atomic mass is 9.86. The number of benzene rings is 1. The van der Waals surface area contributed by atoms with Gasteiger partial charge in [0, 0.05) is 0 Å². The summed E-state index contributed by atoms with van der Waals surface area (Å²) in [6, 6.07) is 7.98. The summed E-state index contributed by atoms with van der Waals surface area (Å²) in [5, 5.41) is 2.99. The zero-order valence-electron chi connectivity index (χ0n) is 13.8. The van der Waals surface area contributed by atoms with Gasteiger partial charge in [-0.25, -0.2) is 0 Å². The van der Waals surface area contributed by atoms with E-state index in [0.29, 0.717) is 6.42 Å². The molecule has 3 nitrogen and oxygen atoms in total. The lowest BCUT2D eigenvalue weighted by Gasteiger charge is -2.21. The van der Waals surface area contributed by atoms with Crippen molar-refractivity contribution in [2.45, 2.75) is 51.6 Å². The van der Waals surface area contributed by atoms with Crippen LogP contribution in [0.3, 0.4) is 0 Å². The van der Waals surface area contributed by atoms with E-state index in [4.69, 9.17) is 5.73 Å². The fraction of sp³-hybridized carbons (Fsp3) is 0.588. The minimum atomic E-state index is -0.422. The third-order valence-electron chi connectivity index (χ3n) is 3.61. The summed E-state index contributed by atoms with van der Waals surface area (Å²) in [6.07, 6.45) is 2.73. The van der Waals surface area contributed by atoms with Crippen LogP contribution in [0, 0.1) is 0 Å². The van der Waals surface area contributed by atoms with Gasteiger partial charge in [0.2, 0.25) is 5.91 Å². The Morgan fingerprint density at radius 1 is 1.29 bits per heavy atom. The van der Waals surface area contributed by atoms with Crippen molar-refractivity contribution in [1.29, 1.82) is 0 Å². The average Bonchev–Trinajstić information content (AvgIpc) is 2.43. The average molecular weight is 308 g/mol. The summed E-state index contributed by atoms with van der Waals surface area (Å²) < 4.78 is 0. The number of amides is 1. The third kappa shape index (κ3) is 5.71. The number of hydrogen-bond acceptors (Lipinski definition) is 3. The highest BCUT2D eigenvalue weighted by Crippen LogP contribution is 2.23. The van der Waals surface area contributed by atoms with Crippen molar-refractivity contribution in [3.8, 4) is 0 Å². The first kappa shape index (κ1) is 18.1. The number of thioether (sulfide) groups is 1. The Hall–Kier alpha value is -1.00. The van der Waals surface area contributed by atoms with E-state index in [0.717, 1.165) is 11.3 Å². The van der Waals surface area contributed by atoms with E-state index in [9.17, 15) is 4.79 Å². The molecule has 1 aromatic rings. The van der Waals surface area contributed by atoms with Gasteiger partial charge in [-0.05, 0) is 41.9 Å². The van der Waals surface area contributed by atoms with Crippen molar-refractivity contribution in [3.05, 3.63) is 35.4 Å². The molecule has 1 aromatic carbocycles. The van der Waals surface area contributed by atoms with Crippen LogP contribution in [-0.2, 0) is 10.2 Å². The molecule has 118 valence electrons. The predicted octanol–water partition coefficient (Wildman–Crippen LogP) is 3.24. The largest absolute Gasteiger partial charge is 0.348 e. The molecule has 3 N–H and O–H groups in total. The van der Waals surface area contributed by atoms with Crippen LogP contribution in [0.2, 0.25) is 0 Å². The molecule has 1 amide bonds. The molecule has 0 spiro atoms. The lowest BCUT2D eigenvalue weighted by Crippen LogP contribution is -2.41. The summed E-state index contributed by atoms with van der Waals surface area (Å²) in [5.74, 6) is 0.833. The molecule has 0 aliphatic heterocycles. The van der Waals surface area contributed by atoms with E-state index < -0.39 is 6.04 Å². The Kier molecular flexibility index (Phi) is 6.75. The van der Waals surface area contributed by atoms with Gasteiger partial charge in [0.15, 0.2) is 0 Å². The third-order valence-corrected chi connectivity index (χ3v) is 4.25. The normalized spacial score (nSPS) is 14.6. The quantitative estimate of drug-likeness (QED) is 0.848. The minimum absolute atomic E-state index is 0.0214. The molecule has 0 radical (unpaired) electrons. The maximum atomic E-state index is 12.0. The molecule has 0 saturated carbocycles. The van der Waals surface area contributed by atoms with Gasteiger partial charge < -0.3 is 11.1 Å². The molecule has 2 atom stereocenters. The van der Waals surface area contributed by atoms with E-state index >= 15 is 0 Å². The Morgan fingerprint density at radius 2 is 1.86 bits per heavy atom. The van der Waals surface area contributed by atoms with Gasteiger partial charge in [-0.3, -0.25) is 4.79 Å². The smallest absolute Gasteiger partial charge is 0.237 e. The second-order valence-electron chi connectivity index (χ2n) is 6.49. The minimum Gasteiger partial charge on any atom is -0.348 e. The first-order valence-corrected chi connectivity index (χ1v) is 8.80. The Labute approximate surface area is 133 Å². The summed E-state index contributed by atoms with van der Waals surface area (Å²) in [7, 11) is 0. The summed E-state index contributed by atoms with van der Waals surface area (Å²) in [4.78, 5) is 12.0. The highest BCUT2D eigenvalue weighted by molar-refractivity contribution is 7.98. The topological polar surface area (TPSA) is 55.1 Å². The van der Waals surface area contributed by atoms with E-state index in [2.05, 4.69) is 50.4 Å². The number of nitrogens with one attached hydrogen (secondary N) is 1. The zero-order valence-corrected chi connectivity index (χ0v) is 14.6. The molecule has 0 aliphatic rings. The predicted molar refractivity (Wildman–Crippen MR) is 92.7 cm³/mol. The molecule has 0 bridgehead atoms. The number of carbonyl (C=O) groups is 1. The van der Waals surface area contributed by atoms with Gasteiger partial charge in [0.1, 0.15) is 0 Å². The van der Waals surface area contributed by atoms with Gasteiger partial charge in [0.25, 0.3) is 0 Å². The van der Waals surface area contributed by atoms with E-state index in [1.54, 1.807) is 11.8 Å². The molecule has 0 aliphatic carbocycles. The van der Waals surface area contributed by atoms with Gasteiger partial charge in [-0.1, -0.05) is 45.0 Å². The molecule has 0 fully saturated rings. The molecular formula is C17H28N2OS. The van der Waals surface area contributed by atoms with Gasteiger partial charge in [0.05, 0.1) is 12.1 Å². The fourth-order valence-electron chi connectivity index (χ4n) is 2.05. The van der Waals surface area contributed by atoms with Crippen LogP contribution in [0.4, 0.5) is 0 Å². The van der Waals surface area contributed by atoms with Gasteiger partial charge >= 0.3 is 0 Å².